The second kappa shape index (κ2) is 7.26. The quantitative estimate of drug-likeness (QED) is 0.831. The summed E-state index contributed by atoms with van der Waals surface area (Å²) < 4.78 is 0. The zero-order chi connectivity index (χ0) is 17.0. The van der Waals surface area contributed by atoms with E-state index in [9.17, 15) is 14.4 Å². The summed E-state index contributed by atoms with van der Waals surface area (Å²) in [5, 5.41) is 11.4. The molecule has 2 amide bonds. The predicted molar refractivity (Wildman–Crippen MR) is 86.1 cm³/mol. The number of hydrogen-bond donors (Lipinski definition) is 2. The number of anilines is 1. The molecule has 6 nitrogen and oxygen atoms in total. The Hall–Kier alpha value is -2.37. The lowest BCUT2D eigenvalue weighted by atomic mass is 10.1. The molecule has 2 rings (SSSR count). The number of carboxylic acids is 1. The molecule has 1 aromatic rings. The Bertz CT molecular complexity index is 597. The number of hydrogen-bond acceptors (Lipinski definition) is 3. The van der Waals surface area contributed by atoms with E-state index in [1.807, 2.05) is 24.3 Å². The van der Waals surface area contributed by atoms with Gasteiger partial charge in [-0.25, -0.2) is 0 Å². The van der Waals surface area contributed by atoms with Crippen LogP contribution in [0.25, 0.3) is 0 Å². The van der Waals surface area contributed by atoms with Crippen molar-refractivity contribution in [3.63, 3.8) is 0 Å². The van der Waals surface area contributed by atoms with E-state index in [4.69, 9.17) is 5.11 Å². The molecule has 0 spiro atoms. The summed E-state index contributed by atoms with van der Waals surface area (Å²) in [7, 11) is 0. The lowest BCUT2D eigenvalue weighted by Gasteiger charge is -2.17. The third-order valence-corrected chi connectivity index (χ3v) is 4.16. The second-order valence-electron chi connectivity index (χ2n) is 5.91. The zero-order valence-electron chi connectivity index (χ0n) is 13.4. The molecule has 6 heteroatoms. The summed E-state index contributed by atoms with van der Waals surface area (Å²) in [5.74, 6) is -2.38. The van der Waals surface area contributed by atoms with Gasteiger partial charge < -0.3 is 15.3 Å². The highest BCUT2D eigenvalue weighted by molar-refractivity contribution is 6.00. The Morgan fingerprint density at radius 2 is 2.00 bits per heavy atom. The van der Waals surface area contributed by atoms with Crippen LogP contribution in [0, 0.1) is 11.8 Å². The van der Waals surface area contributed by atoms with E-state index in [2.05, 4.69) is 12.2 Å². The van der Waals surface area contributed by atoms with Crippen molar-refractivity contribution in [1.82, 2.24) is 5.32 Å². The Labute approximate surface area is 135 Å². The maximum absolute atomic E-state index is 12.1. The van der Waals surface area contributed by atoms with Gasteiger partial charge in [0.05, 0.1) is 11.8 Å². The first-order valence-corrected chi connectivity index (χ1v) is 7.82. The van der Waals surface area contributed by atoms with Crippen LogP contribution in [0.5, 0.6) is 0 Å². The zero-order valence-corrected chi connectivity index (χ0v) is 13.4. The number of benzene rings is 1. The van der Waals surface area contributed by atoms with Crippen molar-refractivity contribution < 1.29 is 19.5 Å². The van der Waals surface area contributed by atoms with Crippen molar-refractivity contribution in [3.8, 4) is 0 Å². The number of carbonyl (C=O) groups excluding carboxylic acids is 2. The van der Waals surface area contributed by atoms with Gasteiger partial charge in [0, 0.05) is 25.2 Å². The van der Waals surface area contributed by atoms with Crippen molar-refractivity contribution in [3.05, 3.63) is 29.8 Å². The monoisotopic (exact) mass is 318 g/mol. The van der Waals surface area contributed by atoms with Crippen LogP contribution in [-0.4, -0.2) is 36.0 Å². The first-order chi connectivity index (χ1) is 10.9. The molecular weight excluding hydrogens is 296 g/mol. The van der Waals surface area contributed by atoms with Crippen molar-refractivity contribution in [1.29, 1.82) is 0 Å². The molecule has 0 bridgehead atoms. The Morgan fingerprint density at radius 1 is 1.35 bits per heavy atom. The van der Waals surface area contributed by atoms with Gasteiger partial charge in [-0.3, -0.25) is 14.4 Å². The van der Waals surface area contributed by atoms with Crippen molar-refractivity contribution in [2.75, 3.05) is 18.0 Å². The van der Waals surface area contributed by atoms with E-state index >= 15 is 0 Å². The number of aryl methyl sites for hydroxylation is 1. The van der Waals surface area contributed by atoms with Crippen LogP contribution in [0.15, 0.2) is 24.3 Å². The average Bonchev–Trinajstić information content (AvgIpc) is 2.94. The summed E-state index contributed by atoms with van der Waals surface area (Å²) in [5.41, 5.74) is 1.98. The predicted octanol–water partition coefficient (Wildman–Crippen LogP) is 1.44. The molecule has 0 radical (unpaired) electrons. The van der Waals surface area contributed by atoms with Gasteiger partial charge in [-0.15, -0.1) is 0 Å². The van der Waals surface area contributed by atoms with E-state index in [0.717, 1.165) is 12.1 Å². The normalized spacial score (nSPS) is 18.8. The SMILES string of the molecule is CCc1ccc(N2CC(C(=O)NCC(C)C(=O)O)CC2=O)cc1. The first kappa shape index (κ1) is 17.0. The van der Waals surface area contributed by atoms with Crippen molar-refractivity contribution in [2.45, 2.75) is 26.7 Å². The molecule has 0 saturated carbocycles. The summed E-state index contributed by atoms with van der Waals surface area (Å²) >= 11 is 0. The fourth-order valence-corrected chi connectivity index (χ4v) is 2.53. The highest BCUT2D eigenvalue weighted by Crippen LogP contribution is 2.25. The molecule has 0 aromatic heterocycles. The van der Waals surface area contributed by atoms with Crippen LogP contribution >= 0.6 is 0 Å². The number of aliphatic carboxylic acids is 1. The third-order valence-electron chi connectivity index (χ3n) is 4.16. The molecule has 2 unspecified atom stereocenters. The second-order valence-corrected chi connectivity index (χ2v) is 5.91. The minimum absolute atomic E-state index is 0.0735. The van der Waals surface area contributed by atoms with Gasteiger partial charge in [-0.2, -0.15) is 0 Å². The van der Waals surface area contributed by atoms with E-state index < -0.39 is 17.8 Å². The van der Waals surface area contributed by atoms with Crippen LogP contribution in [0.2, 0.25) is 0 Å². The molecular formula is C17H22N2O4. The minimum atomic E-state index is -0.953. The van der Waals surface area contributed by atoms with Crippen LogP contribution < -0.4 is 10.2 Å². The van der Waals surface area contributed by atoms with Crippen molar-refractivity contribution >= 4 is 23.5 Å². The molecule has 124 valence electrons. The van der Waals surface area contributed by atoms with Crippen LogP contribution in [0.3, 0.4) is 0 Å². The van der Waals surface area contributed by atoms with Crippen LogP contribution in [0.1, 0.15) is 25.8 Å². The van der Waals surface area contributed by atoms with Gasteiger partial charge in [0.25, 0.3) is 0 Å². The molecule has 0 aliphatic carbocycles. The lowest BCUT2D eigenvalue weighted by molar-refractivity contribution is -0.141. The standard InChI is InChI=1S/C17H22N2O4/c1-3-12-4-6-14(7-5-12)19-10-13(8-15(19)20)16(21)18-9-11(2)17(22)23/h4-7,11,13H,3,8-10H2,1-2H3,(H,18,21)(H,22,23). The average molecular weight is 318 g/mol. The molecule has 1 fully saturated rings. The maximum Gasteiger partial charge on any atom is 0.308 e. The molecule has 1 saturated heterocycles. The van der Waals surface area contributed by atoms with Gasteiger partial charge in [0.2, 0.25) is 11.8 Å². The Balaban J connectivity index is 1.95. The Morgan fingerprint density at radius 3 is 2.57 bits per heavy atom. The van der Waals surface area contributed by atoms with Gasteiger partial charge in [-0.05, 0) is 24.1 Å². The number of nitrogens with zero attached hydrogens (tertiary/aromatic N) is 1. The highest BCUT2D eigenvalue weighted by Gasteiger charge is 2.35. The van der Waals surface area contributed by atoms with Gasteiger partial charge >= 0.3 is 5.97 Å². The van der Waals surface area contributed by atoms with Gasteiger partial charge in [0.15, 0.2) is 0 Å². The summed E-state index contributed by atoms with van der Waals surface area (Å²) in [6, 6.07) is 7.74. The third kappa shape index (κ3) is 4.09. The fraction of sp³-hybridized carbons (Fsp3) is 0.471. The minimum Gasteiger partial charge on any atom is -0.481 e. The van der Waals surface area contributed by atoms with Crippen LogP contribution in [0.4, 0.5) is 5.69 Å². The van der Waals surface area contributed by atoms with E-state index in [0.29, 0.717) is 6.54 Å². The number of rotatable bonds is 6. The Kier molecular flexibility index (Phi) is 5.36. The van der Waals surface area contributed by atoms with Crippen molar-refractivity contribution in [2.24, 2.45) is 11.8 Å². The number of carbonyl (C=O) groups is 3. The molecule has 1 aliphatic heterocycles. The molecule has 2 atom stereocenters. The molecule has 2 N–H and O–H groups in total. The van der Waals surface area contributed by atoms with E-state index in [1.54, 1.807) is 4.90 Å². The highest BCUT2D eigenvalue weighted by atomic mass is 16.4. The van der Waals surface area contributed by atoms with Gasteiger partial charge in [0.1, 0.15) is 0 Å². The number of nitrogens with one attached hydrogen (secondary N) is 1. The molecule has 1 heterocycles. The van der Waals surface area contributed by atoms with E-state index in [1.165, 1.54) is 12.5 Å². The van der Waals surface area contributed by atoms with Gasteiger partial charge in [-0.1, -0.05) is 26.0 Å². The largest absolute Gasteiger partial charge is 0.481 e. The molecule has 1 aliphatic rings. The number of carboxylic acid groups (broad SMARTS) is 1. The summed E-state index contributed by atoms with van der Waals surface area (Å²) in [6.07, 6.45) is 1.09. The summed E-state index contributed by atoms with van der Waals surface area (Å²) in [6.45, 7) is 4.00. The topological polar surface area (TPSA) is 86.7 Å². The lowest BCUT2D eigenvalue weighted by Crippen LogP contribution is -2.37. The maximum atomic E-state index is 12.1. The fourth-order valence-electron chi connectivity index (χ4n) is 2.53. The molecule has 1 aromatic carbocycles. The number of amides is 2. The summed E-state index contributed by atoms with van der Waals surface area (Å²) in [4.78, 5) is 36.6. The first-order valence-electron chi connectivity index (χ1n) is 7.82. The van der Waals surface area contributed by atoms with Crippen LogP contribution in [-0.2, 0) is 20.8 Å². The molecule has 23 heavy (non-hydrogen) atoms. The van der Waals surface area contributed by atoms with E-state index in [-0.39, 0.29) is 24.8 Å². The smallest absolute Gasteiger partial charge is 0.308 e.